The molecule has 1 N–H and O–H groups in total. The van der Waals surface area contributed by atoms with Gasteiger partial charge in [-0.15, -0.1) is 0 Å². The van der Waals surface area contributed by atoms with Crippen molar-refractivity contribution in [2.75, 3.05) is 27.2 Å². The first-order valence-corrected chi connectivity index (χ1v) is 9.46. The molecule has 0 atom stereocenters. The fourth-order valence-corrected chi connectivity index (χ4v) is 3.86. The third kappa shape index (κ3) is 4.05. The van der Waals surface area contributed by atoms with Crippen molar-refractivity contribution in [3.05, 3.63) is 57.9 Å². The molecule has 1 aliphatic rings. The number of benzene rings is 1. The van der Waals surface area contributed by atoms with E-state index >= 15 is 0 Å². The smallest absolute Gasteiger partial charge is 0.268 e. The lowest BCUT2D eigenvalue weighted by Gasteiger charge is -2.18. The van der Waals surface area contributed by atoms with Crippen molar-refractivity contribution in [2.45, 2.75) is 39.2 Å². The second-order valence-corrected chi connectivity index (χ2v) is 7.45. The number of rotatable bonds is 6. The molecule has 0 saturated heterocycles. The van der Waals surface area contributed by atoms with Crippen LogP contribution in [0.15, 0.2) is 18.2 Å². The summed E-state index contributed by atoms with van der Waals surface area (Å²) >= 11 is 0. The van der Waals surface area contributed by atoms with Crippen LogP contribution in [0.4, 0.5) is 8.78 Å². The number of hydrogen-bond acceptors (Lipinski definition) is 2. The van der Waals surface area contributed by atoms with Crippen LogP contribution in [0, 0.1) is 18.6 Å². The highest BCUT2D eigenvalue weighted by atomic mass is 19.1. The average molecular weight is 375 g/mol. The molecule has 4 nitrogen and oxygen atoms in total. The van der Waals surface area contributed by atoms with Gasteiger partial charge in [-0.05, 0) is 70.0 Å². The van der Waals surface area contributed by atoms with Crippen molar-refractivity contribution in [3.8, 4) is 0 Å². The van der Waals surface area contributed by atoms with Crippen molar-refractivity contribution in [2.24, 2.45) is 0 Å². The Bertz CT molecular complexity index is 822. The van der Waals surface area contributed by atoms with E-state index < -0.39 is 11.6 Å². The van der Waals surface area contributed by atoms with E-state index in [-0.39, 0.29) is 18.0 Å². The number of aromatic nitrogens is 1. The van der Waals surface area contributed by atoms with Crippen molar-refractivity contribution in [1.82, 2.24) is 14.8 Å². The molecule has 0 unspecified atom stereocenters. The Morgan fingerprint density at radius 1 is 1.19 bits per heavy atom. The van der Waals surface area contributed by atoms with Crippen LogP contribution in [0.5, 0.6) is 0 Å². The first-order valence-electron chi connectivity index (χ1n) is 9.46. The number of carbonyl (C=O) groups excluding carboxylic acids is 1. The van der Waals surface area contributed by atoms with Crippen molar-refractivity contribution >= 4 is 5.91 Å². The van der Waals surface area contributed by atoms with Gasteiger partial charge in [0, 0.05) is 24.3 Å². The molecule has 27 heavy (non-hydrogen) atoms. The number of hydrogen-bond donors (Lipinski definition) is 1. The van der Waals surface area contributed by atoms with Crippen LogP contribution in [0.1, 0.15) is 45.7 Å². The van der Waals surface area contributed by atoms with E-state index in [1.807, 2.05) is 30.5 Å². The molecule has 1 aromatic heterocycles. The molecule has 6 heteroatoms. The Kier molecular flexibility index (Phi) is 5.95. The summed E-state index contributed by atoms with van der Waals surface area (Å²) in [6, 6.07) is 3.88. The number of fused-ring (bicyclic) bond motifs is 1. The number of amides is 1. The van der Waals surface area contributed by atoms with Gasteiger partial charge in [-0.3, -0.25) is 4.79 Å². The van der Waals surface area contributed by atoms with Crippen LogP contribution in [-0.2, 0) is 19.4 Å². The predicted molar refractivity (Wildman–Crippen MR) is 102 cm³/mol. The summed E-state index contributed by atoms with van der Waals surface area (Å²) < 4.78 is 30.3. The van der Waals surface area contributed by atoms with Gasteiger partial charge in [0.05, 0.1) is 6.54 Å². The van der Waals surface area contributed by atoms with E-state index in [1.54, 1.807) is 0 Å². The second kappa shape index (κ2) is 8.21. The highest BCUT2D eigenvalue weighted by Gasteiger charge is 2.27. The lowest BCUT2D eigenvalue weighted by atomic mass is 9.95. The highest BCUT2D eigenvalue weighted by molar-refractivity contribution is 5.95. The highest BCUT2D eigenvalue weighted by Crippen LogP contribution is 2.31. The molecule has 0 spiro atoms. The summed E-state index contributed by atoms with van der Waals surface area (Å²) in [6.45, 7) is 3.23. The van der Waals surface area contributed by atoms with Crippen molar-refractivity contribution in [1.29, 1.82) is 0 Å². The fourth-order valence-electron chi connectivity index (χ4n) is 3.86. The van der Waals surface area contributed by atoms with Gasteiger partial charge < -0.3 is 14.8 Å². The quantitative estimate of drug-likeness (QED) is 0.841. The van der Waals surface area contributed by atoms with Crippen molar-refractivity contribution < 1.29 is 13.6 Å². The van der Waals surface area contributed by atoms with E-state index in [9.17, 15) is 13.6 Å². The van der Waals surface area contributed by atoms with Gasteiger partial charge in [0.15, 0.2) is 0 Å². The van der Waals surface area contributed by atoms with Crippen LogP contribution in [0.3, 0.4) is 0 Å². The topological polar surface area (TPSA) is 37.3 Å². The molecule has 146 valence electrons. The number of likely N-dealkylation sites (N-methyl/N-ethyl adjacent to an activating group) is 1. The largest absolute Gasteiger partial charge is 0.349 e. The first kappa shape index (κ1) is 19.5. The van der Waals surface area contributed by atoms with Gasteiger partial charge in [0.25, 0.3) is 5.91 Å². The van der Waals surface area contributed by atoms with Crippen LogP contribution in [0.2, 0.25) is 0 Å². The maximum absolute atomic E-state index is 14.2. The van der Waals surface area contributed by atoms with Crippen molar-refractivity contribution in [3.63, 3.8) is 0 Å². The van der Waals surface area contributed by atoms with Gasteiger partial charge >= 0.3 is 0 Å². The molecule has 0 fully saturated rings. The zero-order valence-electron chi connectivity index (χ0n) is 16.2. The molecule has 1 aromatic carbocycles. The van der Waals surface area contributed by atoms with E-state index in [2.05, 4.69) is 5.32 Å². The van der Waals surface area contributed by atoms with Gasteiger partial charge in [0.1, 0.15) is 17.3 Å². The third-order valence-electron chi connectivity index (χ3n) is 5.28. The Balaban J connectivity index is 1.99. The molecule has 0 saturated carbocycles. The number of halogens is 2. The van der Waals surface area contributed by atoms with Crippen LogP contribution >= 0.6 is 0 Å². The van der Waals surface area contributed by atoms with Gasteiger partial charge in [0.2, 0.25) is 0 Å². The Labute approximate surface area is 159 Å². The molecule has 0 radical (unpaired) electrons. The zero-order chi connectivity index (χ0) is 19.6. The molecular weight excluding hydrogens is 348 g/mol. The molecule has 0 bridgehead atoms. The SMILES string of the molecule is Cc1c2c(n(Cc3c(F)cccc3F)c1C(=O)NCCN(C)C)CCCC2. The molecule has 1 aliphatic carbocycles. The van der Waals surface area contributed by atoms with E-state index in [0.717, 1.165) is 49.0 Å². The van der Waals surface area contributed by atoms with Gasteiger partial charge in [-0.25, -0.2) is 8.78 Å². The van der Waals surface area contributed by atoms with E-state index in [0.29, 0.717) is 12.2 Å². The minimum Gasteiger partial charge on any atom is -0.349 e. The Hall–Kier alpha value is -2.21. The normalized spacial score (nSPS) is 13.7. The number of nitrogens with one attached hydrogen (secondary N) is 1. The second-order valence-electron chi connectivity index (χ2n) is 7.45. The summed E-state index contributed by atoms with van der Waals surface area (Å²) in [5.41, 5.74) is 3.67. The van der Waals surface area contributed by atoms with Crippen LogP contribution in [-0.4, -0.2) is 42.6 Å². The van der Waals surface area contributed by atoms with Crippen LogP contribution < -0.4 is 5.32 Å². The standard InChI is InChI=1S/C21H27F2N3O/c1-14-15-7-4-5-10-19(15)26(13-16-17(22)8-6-9-18(16)23)20(14)21(27)24-11-12-25(2)3/h6,8-9H,4-5,7,10-13H2,1-3H3,(H,24,27). The lowest BCUT2D eigenvalue weighted by molar-refractivity contribution is 0.0941. The Morgan fingerprint density at radius 2 is 1.85 bits per heavy atom. The summed E-state index contributed by atoms with van der Waals surface area (Å²) in [7, 11) is 3.89. The van der Waals surface area contributed by atoms with Gasteiger partial charge in [-0.2, -0.15) is 0 Å². The zero-order valence-corrected chi connectivity index (χ0v) is 16.2. The van der Waals surface area contributed by atoms with E-state index in [4.69, 9.17) is 0 Å². The molecule has 1 heterocycles. The predicted octanol–water partition coefficient (Wildman–Crippen LogP) is 3.29. The first-order chi connectivity index (χ1) is 12.9. The summed E-state index contributed by atoms with van der Waals surface area (Å²) in [6.07, 6.45) is 3.84. The third-order valence-corrected chi connectivity index (χ3v) is 5.28. The minimum atomic E-state index is -0.579. The van der Waals surface area contributed by atoms with Gasteiger partial charge in [-0.1, -0.05) is 6.07 Å². The lowest BCUT2D eigenvalue weighted by Crippen LogP contribution is -2.33. The minimum absolute atomic E-state index is 0.00298. The summed E-state index contributed by atoms with van der Waals surface area (Å²) in [5.74, 6) is -1.34. The summed E-state index contributed by atoms with van der Waals surface area (Å²) in [5, 5.41) is 2.95. The summed E-state index contributed by atoms with van der Waals surface area (Å²) in [4.78, 5) is 14.9. The maximum atomic E-state index is 14.2. The molecule has 0 aliphatic heterocycles. The Morgan fingerprint density at radius 3 is 2.52 bits per heavy atom. The average Bonchev–Trinajstić information content (AvgIpc) is 2.90. The number of carbonyl (C=O) groups is 1. The molecule has 2 aromatic rings. The number of nitrogens with zero attached hydrogens (tertiary/aromatic N) is 2. The molecule has 3 rings (SSSR count). The van der Waals surface area contributed by atoms with E-state index in [1.165, 1.54) is 18.2 Å². The molecule has 1 amide bonds. The van der Waals surface area contributed by atoms with Crippen LogP contribution in [0.25, 0.3) is 0 Å². The molecular formula is C21H27F2N3O. The maximum Gasteiger partial charge on any atom is 0.268 e. The fraction of sp³-hybridized carbons (Fsp3) is 0.476. The monoisotopic (exact) mass is 375 g/mol.